The molecule has 202 valence electrons. The molecule has 2 unspecified atom stereocenters. The SMILES string of the molecule is CSCCC(NC(=O)OC(C)(C)C)C(=O)N(CCO)C(C(=O)NCc1ccccc1)c1ccc(C)cc1. The summed E-state index contributed by atoms with van der Waals surface area (Å²) < 4.78 is 5.38. The number of hydrogen-bond acceptors (Lipinski definition) is 6. The second-order valence-electron chi connectivity index (χ2n) is 9.75. The lowest BCUT2D eigenvalue weighted by atomic mass is 10.0. The van der Waals surface area contributed by atoms with E-state index in [0.29, 0.717) is 17.7 Å². The number of aliphatic hydroxyl groups excluding tert-OH is 1. The van der Waals surface area contributed by atoms with Crippen molar-refractivity contribution >= 4 is 29.7 Å². The first-order valence-corrected chi connectivity index (χ1v) is 13.7. The van der Waals surface area contributed by atoms with Gasteiger partial charge < -0.3 is 25.4 Å². The van der Waals surface area contributed by atoms with E-state index in [-0.39, 0.29) is 25.6 Å². The van der Waals surface area contributed by atoms with Gasteiger partial charge in [0.1, 0.15) is 17.7 Å². The number of amides is 3. The summed E-state index contributed by atoms with van der Waals surface area (Å²) in [6.07, 6.45) is 1.54. The minimum Gasteiger partial charge on any atom is -0.444 e. The number of rotatable bonds is 12. The van der Waals surface area contributed by atoms with Crippen molar-refractivity contribution in [2.45, 2.75) is 58.3 Å². The fourth-order valence-electron chi connectivity index (χ4n) is 3.72. The normalized spacial score (nSPS) is 12.8. The molecule has 2 aromatic carbocycles. The van der Waals surface area contributed by atoms with E-state index in [1.165, 1.54) is 16.7 Å². The number of benzene rings is 2. The quantitative estimate of drug-likeness (QED) is 0.386. The van der Waals surface area contributed by atoms with Crippen LogP contribution in [0.1, 0.15) is 49.9 Å². The lowest BCUT2D eigenvalue weighted by molar-refractivity contribution is -0.143. The van der Waals surface area contributed by atoms with Crippen LogP contribution >= 0.6 is 11.8 Å². The first-order chi connectivity index (χ1) is 17.6. The molecule has 0 spiro atoms. The van der Waals surface area contributed by atoms with Crippen molar-refractivity contribution in [1.29, 1.82) is 0 Å². The maximum atomic E-state index is 13.9. The molecular weight excluding hydrogens is 490 g/mol. The zero-order valence-electron chi connectivity index (χ0n) is 22.3. The predicted octanol–water partition coefficient (Wildman–Crippen LogP) is 3.82. The summed E-state index contributed by atoms with van der Waals surface area (Å²) in [5.74, 6) is -0.237. The van der Waals surface area contributed by atoms with Gasteiger partial charge >= 0.3 is 6.09 Å². The fourth-order valence-corrected chi connectivity index (χ4v) is 4.19. The van der Waals surface area contributed by atoms with Gasteiger partial charge in [0.05, 0.1) is 6.61 Å². The van der Waals surface area contributed by atoms with Crippen molar-refractivity contribution in [3.05, 3.63) is 71.3 Å². The van der Waals surface area contributed by atoms with Crippen LogP contribution in [0.25, 0.3) is 0 Å². The molecule has 0 saturated heterocycles. The summed E-state index contributed by atoms with van der Waals surface area (Å²) in [5.41, 5.74) is 1.81. The predicted molar refractivity (Wildman–Crippen MR) is 147 cm³/mol. The number of aliphatic hydroxyl groups is 1. The van der Waals surface area contributed by atoms with E-state index in [2.05, 4.69) is 10.6 Å². The Balaban J connectivity index is 2.39. The summed E-state index contributed by atoms with van der Waals surface area (Å²) >= 11 is 1.54. The molecule has 0 bridgehead atoms. The van der Waals surface area contributed by atoms with Crippen molar-refractivity contribution in [2.75, 3.05) is 25.2 Å². The first kappa shape index (κ1) is 30.2. The Morgan fingerprint density at radius 2 is 1.70 bits per heavy atom. The molecule has 3 amide bonds. The van der Waals surface area contributed by atoms with E-state index in [0.717, 1.165) is 11.1 Å². The Morgan fingerprint density at radius 1 is 1.05 bits per heavy atom. The van der Waals surface area contributed by atoms with Gasteiger partial charge in [0.2, 0.25) is 11.8 Å². The van der Waals surface area contributed by atoms with Gasteiger partial charge in [0.15, 0.2) is 0 Å². The highest BCUT2D eigenvalue weighted by atomic mass is 32.2. The number of carbonyl (C=O) groups excluding carboxylic acids is 3. The topological polar surface area (TPSA) is 108 Å². The number of carbonyl (C=O) groups is 3. The number of ether oxygens (including phenoxy) is 1. The summed E-state index contributed by atoms with van der Waals surface area (Å²) in [4.78, 5) is 41.3. The Bertz CT molecular complexity index is 1010. The number of thioether (sulfide) groups is 1. The molecule has 0 fully saturated rings. The summed E-state index contributed by atoms with van der Waals surface area (Å²) in [5, 5.41) is 15.5. The number of nitrogens with one attached hydrogen (secondary N) is 2. The van der Waals surface area contributed by atoms with Crippen LogP contribution in [0, 0.1) is 6.92 Å². The molecule has 3 N–H and O–H groups in total. The Morgan fingerprint density at radius 3 is 2.27 bits per heavy atom. The highest BCUT2D eigenvalue weighted by Gasteiger charge is 2.35. The van der Waals surface area contributed by atoms with Gasteiger partial charge in [-0.2, -0.15) is 11.8 Å². The smallest absolute Gasteiger partial charge is 0.408 e. The third-order valence-corrected chi connectivity index (χ3v) is 6.13. The third-order valence-electron chi connectivity index (χ3n) is 5.49. The highest BCUT2D eigenvalue weighted by molar-refractivity contribution is 7.98. The number of aryl methyl sites for hydroxylation is 1. The first-order valence-electron chi connectivity index (χ1n) is 12.3. The van der Waals surface area contributed by atoms with Crippen LogP contribution in [-0.4, -0.2) is 64.7 Å². The molecule has 0 heterocycles. The molecule has 0 saturated carbocycles. The molecule has 9 heteroatoms. The molecule has 0 radical (unpaired) electrons. The summed E-state index contributed by atoms with van der Waals surface area (Å²) in [6.45, 7) is 7.03. The third kappa shape index (κ3) is 10.1. The molecule has 0 aromatic heterocycles. The fraction of sp³-hybridized carbons (Fsp3) is 0.464. The molecule has 2 atom stereocenters. The van der Waals surface area contributed by atoms with Crippen LogP contribution in [0.5, 0.6) is 0 Å². The van der Waals surface area contributed by atoms with E-state index in [1.807, 2.05) is 55.6 Å². The van der Waals surface area contributed by atoms with E-state index in [1.54, 1.807) is 32.9 Å². The minimum absolute atomic E-state index is 0.0814. The van der Waals surface area contributed by atoms with Crippen molar-refractivity contribution in [3.63, 3.8) is 0 Å². The Hall–Kier alpha value is -3.04. The molecule has 0 aliphatic rings. The van der Waals surface area contributed by atoms with Crippen LogP contribution in [0.4, 0.5) is 4.79 Å². The van der Waals surface area contributed by atoms with Crippen LogP contribution < -0.4 is 10.6 Å². The van der Waals surface area contributed by atoms with Crippen LogP contribution in [-0.2, 0) is 20.9 Å². The average molecular weight is 530 g/mol. The second-order valence-corrected chi connectivity index (χ2v) is 10.7. The molecular formula is C28H39N3O5S. The Labute approximate surface area is 224 Å². The lowest BCUT2D eigenvalue weighted by Gasteiger charge is -2.34. The average Bonchev–Trinajstić information content (AvgIpc) is 2.85. The Kier molecular flexibility index (Phi) is 11.9. The van der Waals surface area contributed by atoms with Crippen LogP contribution in [0.3, 0.4) is 0 Å². The maximum Gasteiger partial charge on any atom is 0.408 e. The molecule has 0 aliphatic heterocycles. The van der Waals surface area contributed by atoms with Gasteiger partial charge in [-0.25, -0.2) is 4.79 Å². The zero-order chi connectivity index (χ0) is 27.4. The zero-order valence-corrected chi connectivity index (χ0v) is 23.1. The van der Waals surface area contributed by atoms with Gasteiger partial charge in [0, 0.05) is 13.1 Å². The van der Waals surface area contributed by atoms with Crippen LogP contribution in [0.2, 0.25) is 0 Å². The number of hydrogen-bond donors (Lipinski definition) is 3. The molecule has 2 aromatic rings. The largest absolute Gasteiger partial charge is 0.444 e. The van der Waals surface area contributed by atoms with E-state index >= 15 is 0 Å². The number of nitrogens with zero attached hydrogens (tertiary/aromatic N) is 1. The maximum absolute atomic E-state index is 13.9. The van der Waals surface area contributed by atoms with Crippen molar-refractivity contribution in [1.82, 2.24) is 15.5 Å². The van der Waals surface area contributed by atoms with Crippen LogP contribution in [0.15, 0.2) is 54.6 Å². The summed E-state index contributed by atoms with van der Waals surface area (Å²) in [6, 6.07) is 14.9. The van der Waals surface area contributed by atoms with Crippen molar-refractivity contribution in [3.8, 4) is 0 Å². The van der Waals surface area contributed by atoms with Gasteiger partial charge in [-0.15, -0.1) is 0 Å². The monoisotopic (exact) mass is 529 g/mol. The van der Waals surface area contributed by atoms with Crippen molar-refractivity contribution in [2.24, 2.45) is 0 Å². The minimum atomic E-state index is -0.999. The molecule has 37 heavy (non-hydrogen) atoms. The molecule has 0 aliphatic carbocycles. The lowest BCUT2D eigenvalue weighted by Crippen LogP contribution is -2.53. The van der Waals surface area contributed by atoms with E-state index in [4.69, 9.17) is 4.74 Å². The van der Waals surface area contributed by atoms with Gasteiger partial charge in [-0.1, -0.05) is 60.2 Å². The molecule has 2 rings (SSSR count). The van der Waals surface area contributed by atoms with Gasteiger partial charge in [-0.05, 0) is 57.3 Å². The van der Waals surface area contributed by atoms with Gasteiger partial charge in [0.25, 0.3) is 0 Å². The molecule has 8 nitrogen and oxygen atoms in total. The van der Waals surface area contributed by atoms with E-state index < -0.39 is 29.7 Å². The standard InChI is InChI=1S/C28H39N3O5S/c1-20-11-13-22(14-12-20)24(25(33)29-19-21-9-7-6-8-10-21)31(16-17-32)26(34)23(15-18-37-5)30-27(35)36-28(2,3)4/h6-14,23-24,32H,15-19H2,1-5H3,(H,29,33)(H,30,35). The second kappa shape index (κ2) is 14.6. The van der Waals surface area contributed by atoms with E-state index in [9.17, 15) is 19.5 Å². The van der Waals surface area contributed by atoms with Crippen molar-refractivity contribution < 1.29 is 24.2 Å². The summed E-state index contributed by atoms with van der Waals surface area (Å²) in [7, 11) is 0. The number of alkyl carbamates (subject to hydrolysis) is 1. The van der Waals surface area contributed by atoms with Gasteiger partial charge in [-0.3, -0.25) is 9.59 Å². The highest BCUT2D eigenvalue weighted by Crippen LogP contribution is 2.24.